The molecule has 0 unspecified atom stereocenters. The Morgan fingerprint density at radius 1 is 0.821 bits per heavy atom. The van der Waals surface area contributed by atoms with Gasteiger partial charge in [-0.05, 0) is 48.5 Å². The third-order valence-electron chi connectivity index (χ3n) is 3.73. The quantitative estimate of drug-likeness (QED) is 0.580. The number of ether oxygens (including phenoxy) is 4. The summed E-state index contributed by atoms with van der Waals surface area (Å²) in [4.78, 5) is 8.61. The van der Waals surface area contributed by atoms with E-state index >= 15 is 0 Å². The summed E-state index contributed by atoms with van der Waals surface area (Å²) in [5, 5.41) is 3.14. The van der Waals surface area contributed by atoms with Crippen LogP contribution >= 0.6 is 0 Å². The van der Waals surface area contributed by atoms with Gasteiger partial charge in [-0.25, -0.2) is 4.98 Å². The monoisotopic (exact) mass is 382 g/mol. The van der Waals surface area contributed by atoms with Gasteiger partial charge in [-0.15, -0.1) is 0 Å². The zero-order valence-corrected chi connectivity index (χ0v) is 15.7. The van der Waals surface area contributed by atoms with Crippen molar-refractivity contribution < 1.29 is 18.9 Å². The summed E-state index contributed by atoms with van der Waals surface area (Å²) in [6.45, 7) is 1.02. The van der Waals surface area contributed by atoms with E-state index in [1.807, 2.05) is 0 Å². The normalized spacial score (nSPS) is 10.2. The van der Waals surface area contributed by atoms with Gasteiger partial charge in [0, 0.05) is 13.1 Å². The van der Waals surface area contributed by atoms with E-state index in [0.29, 0.717) is 36.2 Å². The van der Waals surface area contributed by atoms with Gasteiger partial charge in [-0.3, -0.25) is 0 Å². The molecule has 0 radical (unpaired) electrons. The molecular formula is C20H22N4O4. The first-order valence-electron chi connectivity index (χ1n) is 8.66. The Hall–Kier alpha value is -3.52. The smallest absolute Gasteiger partial charge is 0.325 e. The maximum Gasteiger partial charge on any atom is 0.325 e. The number of nitrogens with zero attached hydrogens (tertiary/aromatic N) is 2. The van der Waals surface area contributed by atoms with Crippen LogP contribution in [-0.4, -0.2) is 37.3 Å². The number of hydrogen-bond acceptors (Lipinski definition) is 8. The molecule has 3 rings (SSSR count). The number of anilines is 1. The largest absolute Gasteiger partial charge is 0.497 e. The fraction of sp³-hybridized carbons (Fsp3) is 0.200. The van der Waals surface area contributed by atoms with E-state index in [9.17, 15) is 0 Å². The molecule has 8 heteroatoms. The number of hydrogen-bond donors (Lipinski definition) is 2. The molecule has 0 spiro atoms. The fourth-order valence-electron chi connectivity index (χ4n) is 2.31. The maximum atomic E-state index is 5.91. The van der Waals surface area contributed by atoms with E-state index in [-0.39, 0.29) is 6.01 Å². The molecule has 0 bridgehead atoms. The molecule has 2 aromatic carbocycles. The second kappa shape index (κ2) is 9.43. The summed E-state index contributed by atoms with van der Waals surface area (Å²) in [5.74, 6) is 2.99. The maximum absolute atomic E-state index is 5.91. The number of benzene rings is 2. The molecule has 0 amide bonds. The van der Waals surface area contributed by atoms with E-state index < -0.39 is 0 Å². The van der Waals surface area contributed by atoms with E-state index in [1.54, 1.807) is 68.9 Å². The number of aromatic nitrogens is 2. The van der Waals surface area contributed by atoms with Crippen molar-refractivity contribution in [2.45, 2.75) is 0 Å². The first-order valence-corrected chi connectivity index (χ1v) is 8.66. The van der Waals surface area contributed by atoms with Crippen molar-refractivity contribution in [2.75, 3.05) is 32.6 Å². The third kappa shape index (κ3) is 5.01. The van der Waals surface area contributed by atoms with Crippen LogP contribution in [0.4, 0.5) is 5.69 Å². The van der Waals surface area contributed by atoms with Crippen molar-refractivity contribution >= 4 is 5.69 Å². The first kappa shape index (κ1) is 19.2. The van der Waals surface area contributed by atoms with Gasteiger partial charge >= 0.3 is 6.01 Å². The number of methoxy groups -OCH3 is 2. The minimum Gasteiger partial charge on any atom is -0.497 e. The lowest BCUT2D eigenvalue weighted by Crippen LogP contribution is -2.14. The molecule has 1 heterocycles. The molecule has 3 N–H and O–H groups in total. The minimum absolute atomic E-state index is 0.159. The number of nitrogens with two attached hydrogens (primary N) is 1. The van der Waals surface area contributed by atoms with Crippen LogP contribution in [0.2, 0.25) is 0 Å². The van der Waals surface area contributed by atoms with Crippen LogP contribution < -0.4 is 30.0 Å². The van der Waals surface area contributed by atoms with E-state index in [1.165, 1.54) is 0 Å². The molecule has 146 valence electrons. The van der Waals surface area contributed by atoms with Crippen LogP contribution in [0.3, 0.4) is 0 Å². The summed E-state index contributed by atoms with van der Waals surface area (Å²) in [5.41, 5.74) is 6.19. The molecule has 0 fully saturated rings. The van der Waals surface area contributed by atoms with E-state index in [0.717, 1.165) is 11.5 Å². The molecule has 0 aliphatic rings. The second-order valence-electron chi connectivity index (χ2n) is 5.64. The molecule has 0 saturated carbocycles. The van der Waals surface area contributed by atoms with Gasteiger partial charge in [0.2, 0.25) is 5.88 Å². The van der Waals surface area contributed by atoms with Crippen molar-refractivity contribution in [1.29, 1.82) is 0 Å². The van der Waals surface area contributed by atoms with Crippen molar-refractivity contribution in [3.05, 3.63) is 54.7 Å². The van der Waals surface area contributed by atoms with Crippen LogP contribution in [0, 0.1) is 0 Å². The zero-order valence-electron chi connectivity index (χ0n) is 15.7. The Balaban J connectivity index is 1.82. The predicted octanol–water partition coefficient (Wildman–Crippen LogP) is 3.45. The molecule has 0 saturated heterocycles. The van der Waals surface area contributed by atoms with Gasteiger partial charge in [-0.2, -0.15) is 4.98 Å². The Labute approximate surface area is 163 Å². The third-order valence-corrected chi connectivity index (χ3v) is 3.73. The van der Waals surface area contributed by atoms with Gasteiger partial charge in [0.15, 0.2) is 0 Å². The lowest BCUT2D eigenvalue weighted by molar-refractivity contribution is 0.402. The Bertz CT molecular complexity index is 886. The van der Waals surface area contributed by atoms with Crippen molar-refractivity contribution in [3.8, 4) is 34.9 Å². The van der Waals surface area contributed by atoms with E-state index in [4.69, 9.17) is 24.7 Å². The molecule has 1 aromatic heterocycles. The van der Waals surface area contributed by atoms with Crippen molar-refractivity contribution in [2.24, 2.45) is 5.73 Å². The van der Waals surface area contributed by atoms with Crippen LogP contribution in [-0.2, 0) is 0 Å². The Morgan fingerprint density at radius 3 is 1.89 bits per heavy atom. The molecule has 0 aliphatic carbocycles. The highest BCUT2D eigenvalue weighted by atomic mass is 16.5. The van der Waals surface area contributed by atoms with Crippen LogP contribution in [0.1, 0.15) is 0 Å². The van der Waals surface area contributed by atoms with Gasteiger partial charge in [0.05, 0.1) is 20.4 Å². The molecule has 8 nitrogen and oxygen atoms in total. The lowest BCUT2D eigenvalue weighted by atomic mass is 10.3. The fourth-order valence-corrected chi connectivity index (χ4v) is 2.31. The van der Waals surface area contributed by atoms with Gasteiger partial charge in [-0.1, -0.05) is 0 Å². The topological polar surface area (TPSA) is 101 Å². The standard InChI is InChI=1S/C20H22N4O4/c1-25-14-3-7-16(8-4-14)27-19-18(22-12-11-21)13-23-20(24-19)28-17-9-5-15(26-2)6-10-17/h3-10,13,22H,11-12,21H2,1-2H3. The summed E-state index contributed by atoms with van der Waals surface area (Å²) in [7, 11) is 3.22. The molecule has 0 aliphatic heterocycles. The predicted molar refractivity (Wildman–Crippen MR) is 106 cm³/mol. The molecule has 3 aromatic rings. The number of nitrogens with one attached hydrogen (secondary N) is 1. The SMILES string of the molecule is COc1ccc(Oc2ncc(NCCN)c(Oc3ccc(OC)cc3)n2)cc1. The Morgan fingerprint density at radius 2 is 1.36 bits per heavy atom. The second-order valence-corrected chi connectivity index (χ2v) is 5.64. The highest BCUT2D eigenvalue weighted by molar-refractivity contribution is 5.53. The van der Waals surface area contributed by atoms with Gasteiger partial charge in [0.1, 0.15) is 28.7 Å². The van der Waals surface area contributed by atoms with Crippen LogP contribution in [0.25, 0.3) is 0 Å². The lowest BCUT2D eigenvalue weighted by Gasteiger charge is -2.13. The van der Waals surface area contributed by atoms with Gasteiger partial charge < -0.3 is 30.0 Å². The average molecular weight is 382 g/mol. The van der Waals surface area contributed by atoms with Crippen LogP contribution in [0.5, 0.6) is 34.9 Å². The highest BCUT2D eigenvalue weighted by Gasteiger charge is 2.12. The van der Waals surface area contributed by atoms with Crippen molar-refractivity contribution in [1.82, 2.24) is 9.97 Å². The summed E-state index contributed by atoms with van der Waals surface area (Å²) >= 11 is 0. The summed E-state index contributed by atoms with van der Waals surface area (Å²) in [6, 6.07) is 14.5. The minimum atomic E-state index is 0.159. The first-order chi connectivity index (χ1) is 13.7. The highest BCUT2D eigenvalue weighted by Crippen LogP contribution is 2.31. The summed E-state index contributed by atoms with van der Waals surface area (Å²) < 4.78 is 21.9. The summed E-state index contributed by atoms with van der Waals surface area (Å²) in [6.07, 6.45) is 1.60. The average Bonchev–Trinajstić information content (AvgIpc) is 2.74. The van der Waals surface area contributed by atoms with E-state index in [2.05, 4.69) is 15.3 Å². The number of rotatable bonds is 9. The van der Waals surface area contributed by atoms with Crippen LogP contribution in [0.15, 0.2) is 54.7 Å². The molecular weight excluding hydrogens is 360 g/mol. The zero-order chi connectivity index (χ0) is 19.8. The van der Waals surface area contributed by atoms with Gasteiger partial charge in [0.25, 0.3) is 0 Å². The Kier molecular flexibility index (Phi) is 6.48. The van der Waals surface area contributed by atoms with Crippen molar-refractivity contribution in [3.63, 3.8) is 0 Å². The molecule has 28 heavy (non-hydrogen) atoms. The molecule has 0 atom stereocenters.